The van der Waals surface area contributed by atoms with E-state index in [4.69, 9.17) is 20.1 Å². The van der Waals surface area contributed by atoms with E-state index in [1.165, 1.54) is 54.6 Å². The summed E-state index contributed by atoms with van der Waals surface area (Å²) in [7, 11) is 0. The molecule has 264 valence electrons. The Morgan fingerprint density at radius 3 is 1.58 bits per heavy atom. The molecule has 48 heavy (non-hydrogen) atoms. The predicted octanol–water partition coefficient (Wildman–Crippen LogP) is 11.9. The first-order valence-electron chi connectivity index (χ1n) is 13.3. The molecular formula is C39H49BrF4O4. The van der Waals surface area contributed by atoms with E-state index in [9.17, 15) is 17.6 Å². The van der Waals surface area contributed by atoms with E-state index in [0.29, 0.717) is 36.3 Å². The third-order valence-corrected chi connectivity index (χ3v) is 5.39. The number of rotatable bonds is 8. The largest absolute Gasteiger partial charge is 0.508 e. The summed E-state index contributed by atoms with van der Waals surface area (Å²) in [6, 6.07) is 19.4. The van der Waals surface area contributed by atoms with E-state index in [2.05, 4.69) is 42.2 Å². The number of aromatic hydroxyl groups is 3. The first kappa shape index (κ1) is 50.1. The maximum absolute atomic E-state index is 12.8. The molecule has 0 unspecified atom stereocenters. The van der Waals surface area contributed by atoms with Gasteiger partial charge in [-0.3, -0.25) is 0 Å². The van der Waals surface area contributed by atoms with E-state index >= 15 is 0 Å². The van der Waals surface area contributed by atoms with E-state index in [1.807, 2.05) is 0 Å². The Balaban J connectivity index is -0.000000255. The predicted molar refractivity (Wildman–Crippen MR) is 198 cm³/mol. The summed E-state index contributed by atoms with van der Waals surface area (Å²) >= 11 is 3.13. The van der Waals surface area contributed by atoms with Gasteiger partial charge in [-0.25, -0.2) is 17.6 Å². The molecule has 4 aromatic rings. The molecule has 0 atom stereocenters. The van der Waals surface area contributed by atoms with Crippen LogP contribution in [0, 0.1) is 23.3 Å². The number of benzene rings is 4. The van der Waals surface area contributed by atoms with Crippen LogP contribution < -0.4 is 4.74 Å². The molecule has 0 aliphatic heterocycles. The van der Waals surface area contributed by atoms with Gasteiger partial charge in [0.2, 0.25) is 0 Å². The standard InChI is InChI=1S/3C9H9FO.C6H5FO.C3H5Br.3CH4/c1-2-6-11-9-5-3-4-8(10)7-9;1-2-4-7-8(10)5-3-6-9(7)11;1-2-3-7-4-5-8(10)6-9(7)11;7-5-2-1-3-6(8)4-5;1-2-3-4;;;/h2-5,7H,1,6H2;2-3,5-6,11H,1,4H2;2,4-6,11H,1,3H2;1-4,8H;2H,1,3H2;3*1H4. The van der Waals surface area contributed by atoms with Crippen LogP contribution >= 0.6 is 15.9 Å². The third-order valence-electron chi connectivity index (χ3n) is 4.94. The quantitative estimate of drug-likeness (QED) is 0.0957. The second-order valence-corrected chi connectivity index (χ2v) is 9.12. The van der Waals surface area contributed by atoms with E-state index in [1.54, 1.807) is 42.5 Å². The third kappa shape index (κ3) is 23.6. The van der Waals surface area contributed by atoms with Gasteiger partial charge in [-0.05, 0) is 60.9 Å². The van der Waals surface area contributed by atoms with Gasteiger partial charge in [0.15, 0.2) is 0 Å². The average molecular weight is 738 g/mol. The second kappa shape index (κ2) is 30.9. The zero-order chi connectivity index (χ0) is 34.0. The molecule has 0 saturated heterocycles. The fourth-order valence-electron chi connectivity index (χ4n) is 2.95. The molecule has 0 aromatic heterocycles. The number of phenolic OH excluding ortho intramolecular Hbond substituents is 3. The molecule has 4 aromatic carbocycles. The fraction of sp³-hybridized carbons (Fsp3) is 0.179. The number of halogens is 5. The van der Waals surface area contributed by atoms with Gasteiger partial charge >= 0.3 is 0 Å². The SMILES string of the molecule is C.C.C.C=CCBr.C=CCOc1cccc(F)c1.C=CCc1c(O)cccc1F.C=CCc1ccc(F)cc1O.Oc1cccc(F)c1. The van der Waals surface area contributed by atoms with Crippen molar-refractivity contribution in [2.45, 2.75) is 35.1 Å². The van der Waals surface area contributed by atoms with Crippen LogP contribution in [0.3, 0.4) is 0 Å². The Bertz CT molecular complexity index is 1420. The van der Waals surface area contributed by atoms with Crippen molar-refractivity contribution < 1.29 is 37.6 Å². The fourth-order valence-corrected chi connectivity index (χ4v) is 2.95. The van der Waals surface area contributed by atoms with Gasteiger partial charge in [0.1, 0.15) is 52.9 Å². The monoisotopic (exact) mass is 736 g/mol. The van der Waals surface area contributed by atoms with Crippen LogP contribution in [0.15, 0.2) is 136 Å². The van der Waals surface area contributed by atoms with Gasteiger partial charge in [0.25, 0.3) is 0 Å². The van der Waals surface area contributed by atoms with Gasteiger partial charge < -0.3 is 20.1 Å². The molecule has 4 nitrogen and oxygen atoms in total. The van der Waals surface area contributed by atoms with Crippen LogP contribution in [0.2, 0.25) is 0 Å². The topological polar surface area (TPSA) is 69.9 Å². The van der Waals surface area contributed by atoms with Gasteiger partial charge in [0, 0.05) is 29.1 Å². The maximum atomic E-state index is 12.8. The van der Waals surface area contributed by atoms with Gasteiger partial charge in [0.05, 0.1) is 0 Å². The number of ether oxygens (including phenoxy) is 1. The van der Waals surface area contributed by atoms with Gasteiger partial charge in [-0.1, -0.05) is 93.4 Å². The van der Waals surface area contributed by atoms with Crippen molar-refractivity contribution in [1.29, 1.82) is 0 Å². The minimum Gasteiger partial charge on any atom is -0.508 e. The lowest BCUT2D eigenvalue weighted by Crippen LogP contribution is -1.92. The van der Waals surface area contributed by atoms with Gasteiger partial charge in [-0.2, -0.15) is 0 Å². The summed E-state index contributed by atoms with van der Waals surface area (Å²) in [5.74, 6) is -1.03. The molecule has 0 spiro atoms. The normalized spacial score (nSPS) is 8.52. The first-order valence-corrected chi connectivity index (χ1v) is 14.4. The molecule has 0 fully saturated rings. The number of allylic oxidation sites excluding steroid dienone is 3. The molecule has 4 rings (SSSR count). The maximum Gasteiger partial charge on any atom is 0.130 e. The zero-order valence-electron chi connectivity index (χ0n) is 24.7. The van der Waals surface area contributed by atoms with Crippen molar-refractivity contribution in [2.24, 2.45) is 0 Å². The molecule has 0 bridgehead atoms. The minimum atomic E-state index is -0.421. The second-order valence-electron chi connectivity index (χ2n) is 8.48. The molecule has 0 amide bonds. The van der Waals surface area contributed by atoms with Crippen LogP contribution in [-0.4, -0.2) is 27.3 Å². The lowest BCUT2D eigenvalue weighted by atomic mass is 10.1. The summed E-state index contributed by atoms with van der Waals surface area (Å²) in [5, 5.41) is 27.7. The molecular weight excluding hydrogens is 688 g/mol. The van der Waals surface area contributed by atoms with Gasteiger partial charge in [-0.15, -0.1) is 19.7 Å². The van der Waals surface area contributed by atoms with Crippen LogP contribution in [0.25, 0.3) is 0 Å². The van der Waals surface area contributed by atoms with E-state index in [-0.39, 0.29) is 51.2 Å². The Hall–Kier alpha value is -4.76. The summed E-state index contributed by atoms with van der Waals surface area (Å²) in [5.41, 5.74) is 1.00. The van der Waals surface area contributed by atoms with E-state index < -0.39 is 11.6 Å². The van der Waals surface area contributed by atoms with Crippen molar-refractivity contribution in [2.75, 3.05) is 11.9 Å². The molecule has 0 aliphatic rings. The van der Waals surface area contributed by atoms with Crippen LogP contribution in [0.4, 0.5) is 17.6 Å². The van der Waals surface area contributed by atoms with Crippen molar-refractivity contribution in [3.05, 3.63) is 170 Å². The average Bonchev–Trinajstić information content (AvgIpc) is 3.01. The highest BCUT2D eigenvalue weighted by atomic mass is 79.9. The highest BCUT2D eigenvalue weighted by Gasteiger charge is 2.04. The van der Waals surface area contributed by atoms with Crippen molar-refractivity contribution in [1.82, 2.24) is 0 Å². The Labute approximate surface area is 292 Å². The number of hydrogen-bond donors (Lipinski definition) is 3. The van der Waals surface area contributed by atoms with Crippen LogP contribution in [-0.2, 0) is 12.8 Å². The van der Waals surface area contributed by atoms with Crippen LogP contribution in [0.1, 0.15) is 33.4 Å². The number of alkyl halides is 1. The molecule has 3 N–H and O–H groups in total. The zero-order valence-corrected chi connectivity index (χ0v) is 26.3. The summed E-state index contributed by atoms with van der Waals surface area (Å²) in [6.45, 7) is 14.3. The van der Waals surface area contributed by atoms with Crippen LogP contribution in [0.5, 0.6) is 23.0 Å². The molecule has 9 heteroatoms. The smallest absolute Gasteiger partial charge is 0.130 e. The van der Waals surface area contributed by atoms with Crippen molar-refractivity contribution in [3.63, 3.8) is 0 Å². The van der Waals surface area contributed by atoms with E-state index in [0.717, 1.165) is 17.5 Å². The Morgan fingerprint density at radius 1 is 0.604 bits per heavy atom. The summed E-state index contributed by atoms with van der Waals surface area (Å²) in [6.07, 6.45) is 7.54. The highest BCUT2D eigenvalue weighted by molar-refractivity contribution is 9.09. The number of hydrogen-bond acceptors (Lipinski definition) is 4. The summed E-state index contributed by atoms with van der Waals surface area (Å²) in [4.78, 5) is 0. The lowest BCUT2D eigenvalue weighted by Gasteiger charge is -2.01. The van der Waals surface area contributed by atoms with Crippen molar-refractivity contribution in [3.8, 4) is 23.0 Å². The van der Waals surface area contributed by atoms with Crippen molar-refractivity contribution >= 4 is 15.9 Å². The highest BCUT2D eigenvalue weighted by Crippen LogP contribution is 2.20. The molecule has 0 saturated carbocycles. The Kier molecular flexibility index (Phi) is 32.2. The molecule has 0 aliphatic carbocycles. The molecule has 0 heterocycles. The molecule has 0 radical (unpaired) electrons. The Morgan fingerprint density at radius 2 is 1.15 bits per heavy atom. The number of phenols is 3. The lowest BCUT2D eigenvalue weighted by molar-refractivity contribution is 0.361. The summed E-state index contributed by atoms with van der Waals surface area (Å²) < 4.78 is 54.8. The minimum absolute atomic E-state index is 0. The first-order chi connectivity index (χ1) is 21.5.